The smallest absolute Gasteiger partial charge is 0.115 e. The van der Waals surface area contributed by atoms with Gasteiger partial charge in [-0.2, -0.15) is 0 Å². The van der Waals surface area contributed by atoms with Gasteiger partial charge in [-0.1, -0.05) is 73.9 Å². The molecule has 1 heterocycles. The van der Waals surface area contributed by atoms with Gasteiger partial charge in [-0.3, -0.25) is 4.90 Å². The Labute approximate surface area is 222 Å². The molecular formula is C33H42N2O2. The third-order valence-corrected chi connectivity index (χ3v) is 8.43. The fourth-order valence-corrected chi connectivity index (χ4v) is 6.43. The predicted octanol–water partition coefficient (Wildman–Crippen LogP) is 6.49. The first-order valence-electron chi connectivity index (χ1n) is 14.3. The molecule has 2 fully saturated rings. The maximum Gasteiger partial charge on any atom is 0.115 e. The zero-order valence-electron chi connectivity index (χ0n) is 22.1. The molecule has 4 heteroatoms. The second-order valence-corrected chi connectivity index (χ2v) is 10.8. The summed E-state index contributed by atoms with van der Waals surface area (Å²) in [6.45, 7) is 4.76. The van der Waals surface area contributed by atoms with Crippen molar-refractivity contribution in [3.8, 4) is 5.75 Å². The number of hydrogen-bond donors (Lipinski definition) is 2. The zero-order valence-corrected chi connectivity index (χ0v) is 22.1. The fourth-order valence-electron chi connectivity index (χ4n) is 6.43. The first-order chi connectivity index (χ1) is 18.2. The maximum atomic E-state index is 9.95. The van der Waals surface area contributed by atoms with Crippen LogP contribution in [0.4, 0.5) is 0 Å². The van der Waals surface area contributed by atoms with Crippen LogP contribution in [-0.2, 0) is 0 Å². The number of aliphatic hydroxyl groups excluding tert-OH is 1. The van der Waals surface area contributed by atoms with Crippen LogP contribution < -0.4 is 0 Å². The number of phenolic OH excluding ortho intramolecular Hbond substituents is 1. The van der Waals surface area contributed by atoms with Crippen LogP contribution in [0.5, 0.6) is 5.75 Å². The summed E-state index contributed by atoms with van der Waals surface area (Å²) in [5.41, 5.74) is 6.30. The molecule has 196 valence electrons. The Balaban J connectivity index is 1.36. The molecule has 2 aliphatic carbocycles. The van der Waals surface area contributed by atoms with Gasteiger partial charge in [0.1, 0.15) is 5.75 Å². The molecule has 2 aromatic carbocycles. The average molecular weight is 499 g/mol. The van der Waals surface area contributed by atoms with Crippen molar-refractivity contribution in [2.45, 2.75) is 57.4 Å². The average Bonchev–Trinajstić information content (AvgIpc) is 2.97. The molecule has 2 N–H and O–H groups in total. The molecule has 1 unspecified atom stereocenters. The molecule has 1 saturated carbocycles. The Hall–Kier alpha value is -2.82. The summed E-state index contributed by atoms with van der Waals surface area (Å²) in [6, 6.07) is 19.0. The Kier molecular flexibility index (Phi) is 8.80. The van der Waals surface area contributed by atoms with Crippen LogP contribution in [0.3, 0.4) is 0 Å². The normalized spacial score (nSPS) is 22.0. The molecule has 5 rings (SSSR count). The molecule has 1 atom stereocenters. The Bertz CT molecular complexity index is 1090. The van der Waals surface area contributed by atoms with Crippen LogP contribution in [-0.4, -0.2) is 58.8 Å². The second kappa shape index (κ2) is 12.6. The number of nitrogens with zero attached hydrogens (tertiary/aromatic N) is 2. The van der Waals surface area contributed by atoms with Crippen molar-refractivity contribution in [1.29, 1.82) is 0 Å². The fraction of sp³-hybridized carbons (Fsp3) is 0.455. The van der Waals surface area contributed by atoms with Crippen LogP contribution in [0.15, 0.2) is 78.5 Å². The molecule has 0 amide bonds. The minimum Gasteiger partial charge on any atom is -0.508 e. The van der Waals surface area contributed by atoms with Crippen molar-refractivity contribution in [3.05, 3.63) is 89.6 Å². The van der Waals surface area contributed by atoms with Gasteiger partial charge < -0.3 is 15.1 Å². The summed E-state index contributed by atoms with van der Waals surface area (Å²) in [5.74, 6) is 0.541. The number of aromatic hydroxyl groups is 1. The first-order valence-corrected chi connectivity index (χ1v) is 14.3. The summed E-state index contributed by atoms with van der Waals surface area (Å²) < 4.78 is 0. The zero-order chi connectivity index (χ0) is 25.5. The lowest BCUT2D eigenvalue weighted by Crippen LogP contribution is -2.50. The SMILES string of the molecule is OCCC/C(=C(\c1ccc(O)cc1)C1C=CC(N2CCN(C3CCCCC3)CC2)=CC1)c1ccccc1. The summed E-state index contributed by atoms with van der Waals surface area (Å²) in [6.07, 6.45) is 16.6. The van der Waals surface area contributed by atoms with E-state index in [-0.39, 0.29) is 18.3 Å². The van der Waals surface area contributed by atoms with E-state index in [1.54, 1.807) is 12.1 Å². The molecule has 4 nitrogen and oxygen atoms in total. The van der Waals surface area contributed by atoms with Gasteiger partial charge in [-0.25, -0.2) is 0 Å². The van der Waals surface area contributed by atoms with Gasteiger partial charge in [0, 0.05) is 50.4 Å². The minimum absolute atomic E-state index is 0.177. The van der Waals surface area contributed by atoms with Crippen molar-refractivity contribution >= 4 is 11.1 Å². The first kappa shape index (κ1) is 25.8. The highest BCUT2D eigenvalue weighted by molar-refractivity contribution is 5.92. The highest BCUT2D eigenvalue weighted by atomic mass is 16.3. The van der Waals surface area contributed by atoms with Crippen molar-refractivity contribution < 1.29 is 10.2 Å². The lowest BCUT2D eigenvalue weighted by atomic mass is 9.80. The van der Waals surface area contributed by atoms with E-state index in [4.69, 9.17) is 0 Å². The summed E-state index contributed by atoms with van der Waals surface area (Å²) in [5, 5.41) is 19.6. The Morgan fingerprint density at radius 1 is 0.838 bits per heavy atom. The number of hydrogen-bond acceptors (Lipinski definition) is 4. The largest absolute Gasteiger partial charge is 0.508 e. The Morgan fingerprint density at radius 2 is 1.57 bits per heavy atom. The van der Waals surface area contributed by atoms with Crippen molar-refractivity contribution in [3.63, 3.8) is 0 Å². The van der Waals surface area contributed by atoms with Gasteiger partial charge in [0.25, 0.3) is 0 Å². The van der Waals surface area contributed by atoms with Gasteiger partial charge in [-0.05, 0) is 72.6 Å². The van der Waals surface area contributed by atoms with Gasteiger partial charge in [0.05, 0.1) is 0 Å². The van der Waals surface area contributed by atoms with Gasteiger partial charge >= 0.3 is 0 Å². The van der Waals surface area contributed by atoms with Crippen molar-refractivity contribution in [2.75, 3.05) is 32.8 Å². The molecule has 2 aromatic rings. The summed E-state index contributed by atoms with van der Waals surface area (Å²) >= 11 is 0. The topological polar surface area (TPSA) is 46.9 Å². The second-order valence-electron chi connectivity index (χ2n) is 10.8. The Morgan fingerprint density at radius 3 is 2.22 bits per heavy atom. The molecular weight excluding hydrogens is 456 g/mol. The summed E-state index contributed by atoms with van der Waals surface area (Å²) in [7, 11) is 0. The monoisotopic (exact) mass is 498 g/mol. The van der Waals surface area contributed by atoms with Crippen LogP contribution in [0.2, 0.25) is 0 Å². The van der Waals surface area contributed by atoms with Gasteiger partial charge in [0.2, 0.25) is 0 Å². The number of phenols is 1. The van der Waals surface area contributed by atoms with Gasteiger partial charge in [-0.15, -0.1) is 0 Å². The summed E-state index contributed by atoms with van der Waals surface area (Å²) in [4.78, 5) is 5.31. The minimum atomic E-state index is 0.177. The number of benzene rings is 2. The third kappa shape index (κ3) is 6.37. The highest BCUT2D eigenvalue weighted by Crippen LogP contribution is 2.40. The van der Waals surface area contributed by atoms with Crippen LogP contribution in [0.1, 0.15) is 62.5 Å². The lowest BCUT2D eigenvalue weighted by Gasteiger charge is -2.42. The molecule has 0 aromatic heterocycles. The van der Waals surface area contributed by atoms with Crippen LogP contribution >= 0.6 is 0 Å². The quantitative estimate of drug-likeness (QED) is 0.409. The van der Waals surface area contributed by atoms with Crippen LogP contribution in [0, 0.1) is 5.92 Å². The molecule has 0 spiro atoms. The molecule has 0 bridgehead atoms. The van der Waals surface area contributed by atoms with E-state index in [0.29, 0.717) is 0 Å². The van der Waals surface area contributed by atoms with Crippen molar-refractivity contribution in [2.24, 2.45) is 5.92 Å². The highest BCUT2D eigenvalue weighted by Gasteiger charge is 2.27. The number of allylic oxidation sites excluding steroid dienone is 5. The van der Waals surface area contributed by atoms with E-state index in [2.05, 4.69) is 58.4 Å². The van der Waals surface area contributed by atoms with E-state index >= 15 is 0 Å². The van der Waals surface area contributed by atoms with Crippen molar-refractivity contribution in [1.82, 2.24) is 9.80 Å². The number of aliphatic hydroxyl groups is 1. The van der Waals surface area contributed by atoms with E-state index in [9.17, 15) is 10.2 Å². The maximum absolute atomic E-state index is 9.95. The van der Waals surface area contributed by atoms with E-state index in [1.165, 1.54) is 67.6 Å². The third-order valence-electron chi connectivity index (χ3n) is 8.43. The predicted molar refractivity (Wildman–Crippen MR) is 153 cm³/mol. The molecule has 1 saturated heterocycles. The number of piperazine rings is 1. The van der Waals surface area contributed by atoms with E-state index in [1.807, 2.05) is 12.1 Å². The van der Waals surface area contributed by atoms with E-state index in [0.717, 1.165) is 44.0 Å². The molecule has 3 aliphatic rings. The molecule has 37 heavy (non-hydrogen) atoms. The standard InChI is InChI=1S/C33H42N2O2/c36-25-7-12-32(26-8-3-1-4-9-26)33(28-15-19-31(37)20-16-28)27-13-17-30(18-14-27)35-23-21-34(22-24-35)29-10-5-2-6-11-29/h1,3-4,8-9,13,15-20,27,29,36-37H,2,5-7,10-12,14,21-25H2/b33-32+. The molecule has 0 radical (unpaired) electrons. The van der Waals surface area contributed by atoms with Crippen LogP contribution in [0.25, 0.3) is 11.1 Å². The lowest BCUT2D eigenvalue weighted by molar-refractivity contribution is 0.0956. The number of rotatable bonds is 8. The van der Waals surface area contributed by atoms with E-state index < -0.39 is 0 Å². The molecule has 1 aliphatic heterocycles. The van der Waals surface area contributed by atoms with Gasteiger partial charge in [0.15, 0.2) is 0 Å².